The first kappa shape index (κ1) is 26.3. The van der Waals surface area contributed by atoms with Crippen LogP contribution in [0.4, 0.5) is 10.1 Å². The number of oxime groups is 1. The van der Waals surface area contributed by atoms with E-state index in [2.05, 4.69) is 10.5 Å². The zero-order chi connectivity index (χ0) is 29.0. The number of nitrogens with zero attached hydrogens (tertiary/aromatic N) is 4. The fourth-order valence-corrected chi connectivity index (χ4v) is 10.2. The van der Waals surface area contributed by atoms with Crippen LogP contribution >= 0.6 is 35.0 Å². The predicted octanol–water partition coefficient (Wildman–Crippen LogP) is 5.03. The number of hydrogen-bond acceptors (Lipinski definition) is 7. The molecule has 3 aromatic carbocycles. The SMILES string of the molecule is CN1CC(c2ccc(F)cc2)C2(SC34ON=C(c5c(Cl)cccc5Cl)N3CCCN4C2=O)C12C(=O)Nc1ccccc12. The number of thioether (sulfide) groups is 1. The standard InChI is InChI=1S/C30H24Cl2FN5O3S/c1-36-16-20(17-10-12-18(33)13-11-17)29(28(36)19-6-2-3-9-23(19)34-26(28)39)27(40)38-15-5-14-37-25(35-41-30(37,38)42-29)24-21(31)7-4-8-22(24)32/h2-4,6-13,20H,5,14-16H2,1H3,(H,34,39). The molecule has 0 radical (unpaired) electrons. The summed E-state index contributed by atoms with van der Waals surface area (Å²) in [5.74, 6) is -0.949. The average molecular weight is 625 g/mol. The lowest BCUT2D eigenvalue weighted by molar-refractivity contribution is -0.172. The Kier molecular flexibility index (Phi) is 5.55. The highest BCUT2D eigenvalue weighted by molar-refractivity contribution is 8.03. The number of anilines is 1. The molecule has 5 aliphatic rings. The van der Waals surface area contributed by atoms with Crippen molar-refractivity contribution >= 4 is 58.3 Å². The molecule has 3 saturated heterocycles. The number of halogens is 3. The first-order valence-corrected chi connectivity index (χ1v) is 15.2. The number of rotatable bonds is 2. The largest absolute Gasteiger partial charge is 0.344 e. The summed E-state index contributed by atoms with van der Waals surface area (Å²) in [5, 5.41) is 7.00. The first-order chi connectivity index (χ1) is 20.3. The van der Waals surface area contributed by atoms with Gasteiger partial charge in [0, 0.05) is 36.8 Å². The van der Waals surface area contributed by atoms with Gasteiger partial charge in [-0.25, -0.2) is 4.39 Å². The Bertz CT molecular complexity index is 1700. The molecule has 0 aliphatic carbocycles. The molecule has 0 saturated carbocycles. The Morgan fingerprint density at radius 2 is 1.71 bits per heavy atom. The van der Waals surface area contributed by atoms with Crippen molar-refractivity contribution in [1.29, 1.82) is 0 Å². The lowest BCUT2D eigenvalue weighted by Gasteiger charge is -2.43. The second kappa shape index (κ2) is 8.86. The minimum atomic E-state index is -1.39. The monoisotopic (exact) mass is 623 g/mol. The van der Waals surface area contributed by atoms with Crippen LogP contribution in [-0.4, -0.2) is 69.0 Å². The van der Waals surface area contributed by atoms with Gasteiger partial charge in [0.05, 0.1) is 15.6 Å². The number of hydrogen-bond donors (Lipinski definition) is 1. The summed E-state index contributed by atoms with van der Waals surface area (Å²) in [4.78, 5) is 41.5. The molecular formula is C30H24Cl2FN5O3S. The minimum absolute atomic E-state index is 0.232. The van der Waals surface area contributed by atoms with Crippen LogP contribution in [-0.2, 0) is 20.0 Å². The maximum absolute atomic E-state index is 15.2. The topological polar surface area (TPSA) is 77.5 Å². The van der Waals surface area contributed by atoms with Crippen molar-refractivity contribution in [2.24, 2.45) is 5.16 Å². The van der Waals surface area contributed by atoms with E-state index in [1.54, 1.807) is 35.2 Å². The fraction of sp³-hybridized carbons (Fsp3) is 0.300. The molecule has 0 bridgehead atoms. The highest BCUT2D eigenvalue weighted by atomic mass is 35.5. The number of nitrogens with one attached hydrogen (secondary N) is 1. The quantitative estimate of drug-likeness (QED) is 0.431. The van der Waals surface area contributed by atoms with Crippen molar-refractivity contribution in [2.45, 2.75) is 27.8 Å². The smallest absolute Gasteiger partial charge is 0.332 e. The van der Waals surface area contributed by atoms with Gasteiger partial charge in [-0.05, 0) is 61.1 Å². The Morgan fingerprint density at radius 3 is 2.48 bits per heavy atom. The Balaban J connectivity index is 1.36. The van der Waals surface area contributed by atoms with E-state index in [9.17, 15) is 9.18 Å². The third-order valence-corrected chi connectivity index (χ3v) is 11.7. The van der Waals surface area contributed by atoms with Crippen LogP contribution in [0.1, 0.15) is 29.0 Å². The molecule has 3 spiro atoms. The molecule has 5 aliphatic heterocycles. The van der Waals surface area contributed by atoms with Crippen LogP contribution < -0.4 is 5.32 Å². The number of amides is 2. The first-order valence-electron chi connectivity index (χ1n) is 13.6. The number of likely N-dealkylation sites (N-methyl/N-ethyl adjacent to an activating group) is 1. The van der Waals surface area contributed by atoms with E-state index >= 15 is 4.79 Å². The zero-order valence-electron chi connectivity index (χ0n) is 22.3. The van der Waals surface area contributed by atoms with Crippen LogP contribution in [0.5, 0.6) is 0 Å². The summed E-state index contributed by atoms with van der Waals surface area (Å²) in [6, 6.07) is 18.9. The predicted molar refractivity (Wildman–Crippen MR) is 159 cm³/mol. The maximum Gasteiger partial charge on any atom is 0.344 e. The van der Waals surface area contributed by atoms with Gasteiger partial charge in [0.25, 0.3) is 5.91 Å². The van der Waals surface area contributed by atoms with Crippen molar-refractivity contribution in [2.75, 3.05) is 32.0 Å². The lowest BCUT2D eigenvalue weighted by Crippen LogP contribution is -2.63. The number of carbonyl (C=O) groups is 2. The molecule has 3 aromatic rings. The van der Waals surface area contributed by atoms with E-state index in [4.69, 9.17) is 28.0 Å². The minimum Gasteiger partial charge on any atom is -0.332 e. The molecule has 42 heavy (non-hydrogen) atoms. The molecular weight excluding hydrogens is 600 g/mol. The van der Waals surface area contributed by atoms with E-state index < -0.39 is 21.4 Å². The highest BCUT2D eigenvalue weighted by Gasteiger charge is 2.83. The molecule has 3 fully saturated rings. The normalized spacial score (nSPS) is 31.3. The fourth-order valence-electron chi connectivity index (χ4n) is 7.56. The van der Waals surface area contributed by atoms with Crippen LogP contribution in [0.3, 0.4) is 0 Å². The van der Waals surface area contributed by atoms with Gasteiger partial charge in [0.15, 0.2) is 11.4 Å². The number of carbonyl (C=O) groups excluding carboxylic acids is 2. The maximum atomic E-state index is 15.2. The van der Waals surface area contributed by atoms with Gasteiger partial charge in [-0.2, -0.15) is 0 Å². The summed E-state index contributed by atoms with van der Waals surface area (Å²) >= 11 is 14.5. The summed E-state index contributed by atoms with van der Waals surface area (Å²) in [6.45, 7) is 1.31. The molecule has 12 heteroatoms. The van der Waals surface area contributed by atoms with E-state index in [1.807, 2.05) is 41.1 Å². The van der Waals surface area contributed by atoms with Crippen LogP contribution in [0, 0.1) is 5.82 Å². The van der Waals surface area contributed by atoms with Crippen molar-refractivity contribution in [1.82, 2.24) is 14.7 Å². The van der Waals surface area contributed by atoms with Crippen molar-refractivity contribution < 1.29 is 18.8 Å². The van der Waals surface area contributed by atoms with Crippen molar-refractivity contribution in [3.63, 3.8) is 0 Å². The Labute approximate surface area is 255 Å². The molecule has 4 atom stereocenters. The van der Waals surface area contributed by atoms with Gasteiger partial charge in [-0.15, -0.1) is 0 Å². The Morgan fingerprint density at radius 1 is 1.00 bits per heavy atom. The molecule has 8 nitrogen and oxygen atoms in total. The van der Waals surface area contributed by atoms with Crippen molar-refractivity contribution in [3.05, 3.63) is 99.3 Å². The van der Waals surface area contributed by atoms with Gasteiger partial charge in [-0.1, -0.05) is 64.8 Å². The van der Waals surface area contributed by atoms with Gasteiger partial charge < -0.3 is 10.2 Å². The second-order valence-electron chi connectivity index (χ2n) is 11.1. The number of benzene rings is 3. The molecule has 0 aromatic heterocycles. The third kappa shape index (κ3) is 3.01. The molecule has 1 N–H and O–H groups in total. The molecule has 2 amide bonds. The van der Waals surface area contributed by atoms with Gasteiger partial charge in [0.1, 0.15) is 10.6 Å². The summed E-state index contributed by atoms with van der Waals surface area (Å²) in [6.07, 6.45) is 0.640. The lowest BCUT2D eigenvalue weighted by atomic mass is 9.72. The molecule has 214 valence electrons. The van der Waals surface area contributed by atoms with Gasteiger partial charge >= 0.3 is 5.18 Å². The zero-order valence-corrected chi connectivity index (χ0v) is 24.6. The average Bonchev–Trinajstić information content (AvgIpc) is 3.65. The number of fused-ring (bicyclic) bond motifs is 3. The number of likely N-dealkylation sites (tertiary alicyclic amines) is 1. The highest BCUT2D eigenvalue weighted by Crippen LogP contribution is 2.70. The molecule has 4 unspecified atom stereocenters. The van der Waals surface area contributed by atoms with Gasteiger partial charge in [-0.3, -0.25) is 24.3 Å². The van der Waals surface area contributed by atoms with Crippen LogP contribution in [0.15, 0.2) is 71.9 Å². The summed E-state index contributed by atoms with van der Waals surface area (Å²) < 4.78 is 12.7. The second-order valence-corrected chi connectivity index (χ2v) is 13.3. The van der Waals surface area contributed by atoms with E-state index in [0.29, 0.717) is 53.2 Å². The van der Waals surface area contributed by atoms with Crippen LogP contribution in [0.25, 0.3) is 0 Å². The van der Waals surface area contributed by atoms with E-state index in [1.165, 1.54) is 23.9 Å². The number of amidine groups is 1. The summed E-state index contributed by atoms with van der Waals surface area (Å²) in [7, 11) is 1.87. The third-order valence-electron chi connectivity index (χ3n) is 9.22. The van der Waals surface area contributed by atoms with E-state index in [-0.39, 0.29) is 17.6 Å². The Hall–Kier alpha value is -3.31. The molecule has 8 rings (SSSR count). The number of para-hydroxylation sites is 1. The molecule has 5 heterocycles. The van der Waals surface area contributed by atoms with Crippen molar-refractivity contribution in [3.8, 4) is 0 Å². The van der Waals surface area contributed by atoms with E-state index in [0.717, 1.165) is 11.1 Å². The van der Waals surface area contributed by atoms with Gasteiger partial charge in [0.2, 0.25) is 5.91 Å². The van der Waals surface area contributed by atoms with Crippen LogP contribution in [0.2, 0.25) is 10.0 Å². The summed E-state index contributed by atoms with van der Waals surface area (Å²) in [5.41, 5.74) is 1.28.